The van der Waals surface area contributed by atoms with E-state index in [2.05, 4.69) is 0 Å². The highest BCUT2D eigenvalue weighted by Crippen LogP contribution is 2.40. The Hall–Kier alpha value is -2.76. The Labute approximate surface area is 126 Å². The monoisotopic (exact) mass is 299 g/mol. The van der Waals surface area contributed by atoms with E-state index < -0.39 is 12.1 Å². The molecular formula is C16H13NO5. The Morgan fingerprint density at radius 1 is 1.05 bits per heavy atom. The minimum Gasteiger partial charge on any atom is -0.478 e. The van der Waals surface area contributed by atoms with Crippen LogP contribution in [0, 0.1) is 10.1 Å². The number of nitrogens with zero attached hydrogens (tertiary/aromatic N) is 1. The van der Waals surface area contributed by atoms with Crippen molar-refractivity contribution in [2.24, 2.45) is 0 Å². The molecule has 0 bridgehead atoms. The van der Waals surface area contributed by atoms with Gasteiger partial charge in [-0.05, 0) is 18.2 Å². The van der Waals surface area contributed by atoms with Crippen LogP contribution in [0.4, 0.5) is 0 Å². The van der Waals surface area contributed by atoms with Gasteiger partial charge in [0.05, 0.1) is 0 Å². The van der Waals surface area contributed by atoms with Crippen LogP contribution in [0.2, 0.25) is 0 Å². The normalized spacial score (nSPS) is 21.8. The summed E-state index contributed by atoms with van der Waals surface area (Å²) in [6.07, 6.45) is -0.290. The molecule has 22 heavy (non-hydrogen) atoms. The second-order valence-electron chi connectivity index (χ2n) is 5.32. The highest BCUT2D eigenvalue weighted by atomic mass is 16.7. The molecule has 0 aromatic heterocycles. The third kappa shape index (κ3) is 2.04. The van der Waals surface area contributed by atoms with Crippen LogP contribution in [0.5, 0.6) is 17.2 Å². The molecular weight excluding hydrogens is 286 g/mol. The van der Waals surface area contributed by atoms with Crippen LogP contribution < -0.4 is 14.2 Å². The van der Waals surface area contributed by atoms with E-state index in [4.69, 9.17) is 14.2 Å². The fourth-order valence-corrected chi connectivity index (χ4v) is 2.90. The van der Waals surface area contributed by atoms with E-state index in [-0.39, 0.29) is 11.7 Å². The largest absolute Gasteiger partial charge is 0.478 e. The molecule has 0 spiro atoms. The van der Waals surface area contributed by atoms with Gasteiger partial charge in [0.2, 0.25) is 6.79 Å². The molecule has 4 rings (SSSR count). The average Bonchev–Trinajstić information content (AvgIpc) is 3.01. The van der Waals surface area contributed by atoms with Crippen molar-refractivity contribution < 1.29 is 19.1 Å². The van der Waals surface area contributed by atoms with Crippen LogP contribution in [-0.4, -0.2) is 17.8 Å². The summed E-state index contributed by atoms with van der Waals surface area (Å²) in [5.41, 5.74) is 1.58. The second-order valence-corrected chi connectivity index (χ2v) is 5.32. The lowest BCUT2D eigenvalue weighted by Gasteiger charge is -2.28. The summed E-state index contributed by atoms with van der Waals surface area (Å²) in [7, 11) is 0. The lowest BCUT2D eigenvalue weighted by molar-refractivity contribution is -0.535. The van der Waals surface area contributed by atoms with Gasteiger partial charge < -0.3 is 14.2 Å². The first-order valence-electron chi connectivity index (χ1n) is 7.00. The van der Waals surface area contributed by atoms with Crippen LogP contribution in [0.25, 0.3) is 0 Å². The summed E-state index contributed by atoms with van der Waals surface area (Å²) in [6, 6.07) is 11.9. The number of para-hydroxylation sites is 1. The molecule has 6 nitrogen and oxygen atoms in total. The van der Waals surface area contributed by atoms with Crippen molar-refractivity contribution >= 4 is 0 Å². The number of rotatable bonds is 2. The fraction of sp³-hybridized carbons (Fsp3) is 0.250. The van der Waals surface area contributed by atoms with Gasteiger partial charge in [0.1, 0.15) is 5.75 Å². The average molecular weight is 299 g/mol. The zero-order valence-corrected chi connectivity index (χ0v) is 11.6. The van der Waals surface area contributed by atoms with E-state index in [1.54, 1.807) is 18.2 Å². The second kappa shape index (κ2) is 4.91. The first kappa shape index (κ1) is 12.9. The molecule has 2 aromatic rings. The third-order valence-corrected chi connectivity index (χ3v) is 4.00. The molecule has 0 radical (unpaired) electrons. The fourth-order valence-electron chi connectivity index (χ4n) is 2.90. The molecule has 0 unspecified atom stereocenters. The molecule has 0 saturated carbocycles. The summed E-state index contributed by atoms with van der Waals surface area (Å²) < 4.78 is 16.5. The Morgan fingerprint density at radius 2 is 1.86 bits per heavy atom. The number of fused-ring (bicyclic) bond motifs is 2. The van der Waals surface area contributed by atoms with Gasteiger partial charge in [-0.15, -0.1) is 0 Å². The highest BCUT2D eigenvalue weighted by molar-refractivity contribution is 5.46. The standard InChI is InChI=1S/C16H13NO5/c18-17(19)12-7-10-3-1-2-4-13(10)22-16(12)11-5-6-14-15(8-11)21-9-20-14/h1-6,8,12,16H,7,9H2/t12-,16+/m1/s1. The maximum Gasteiger partial charge on any atom is 0.257 e. The first-order valence-corrected chi connectivity index (χ1v) is 7.00. The van der Waals surface area contributed by atoms with E-state index in [0.717, 1.165) is 11.1 Å². The quantitative estimate of drug-likeness (QED) is 0.630. The number of nitro groups is 1. The Morgan fingerprint density at radius 3 is 2.73 bits per heavy atom. The first-order chi connectivity index (χ1) is 10.7. The van der Waals surface area contributed by atoms with E-state index in [1.807, 2.05) is 24.3 Å². The molecule has 2 aliphatic heterocycles. The van der Waals surface area contributed by atoms with Crippen LogP contribution in [-0.2, 0) is 6.42 Å². The predicted molar refractivity (Wildman–Crippen MR) is 76.9 cm³/mol. The van der Waals surface area contributed by atoms with Gasteiger partial charge in [-0.25, -0.2) is 0 Å². The lowest BCUT2D eigenvalue weighted by atomic mass is 9.93. The minimum absolute atomic E-state index is 0.172. The lowest BCUT2D eigenvalue weighted by Crippen LogP contribution is -2.36. The van der Waals surface area contributed by atoms with Gasteiger partial charge in [-0.1, -0.05) is 24.3 Å². The smallest absolute Gasteiger partial charge is 0.257 e. The summed E-state index contributed by atoms with van der Waals surface area (Å²) in [5, 5.41) is 11.5. The number of benzene rings is 2. The summed E-state index contributed by atoms with van der Waals surface area (Å²) >= 11 is 0. The topological polar surface area (TPSA) is 70.8 Å². The van der Waals surface area contributed by atoms with Crippen molar-refractivity contribution in [2.75, 3.05) is 6.79 Å². The Bertz CT molecular complexity index is 745. The maximum atomic E-state index is 11.5. The van der Waals surface area contributed by atoms with Gasteiger partial charge in [0.15, 0.2) is 17.6 Å². The molecule has 2 heterocycles. The number of hydrogen-bond acceptors (Lipinski definition) is 5. The zero-order valence-electron chi connectivity index (χ0n) is 11.6. The number of hydrogen-bond donors (Lipinski definition) is 0. The molecule has 2 aromatic carbocycles. The summed E-state index contributed by atoms with van der Waals surface area (Å²) in [5.74, 6) is 1.95. The van der Waals surface area contributed by atoms with Crippen molar-refractivity contribution in [1.82, 2.24) is 0 Å². The maximum absolute atomic E-state index is 11.5. The molecule has 0 fully saturated rings. The van der Waals surface area contributed by atoms with Crippen molar-refractivity contribution in [3.63, 3.8) is 0 Å². The molecule has 6 heteroatoms. The molecule has 2 aliphatic rings. The molecule has 112 valence electrons. The molecule has 2 atom stereocenters. The van der Waals surface area contributed by atoms with Crippen LogP contribution >= 0.6 is 0 Å². The van der Waals surface area contributed by atoms with Gasteiger partial charge in [-0.3, -0.25) is 10.1 Å². The molecule has 0 aliphatic carbocycles. The van der Waals surface area contributed by atoms with Crippen molar-refractivity contribution in [2.45, 2.75) is 18.6 Å². The molecule has 0 amide bonds. The van der Waals surface area contributed by atoms with Crippen molar-refractivity contribution in [1.29, 1.82) is 0 Å². The summed E-state index contributed by atoms with van der Waals surface area (Å²) in [6.45, 7) is 0.172. The van der Waals surface area contributed by atoms with Gasteiger partial charge in [-0.2, -0.15) is 0 Å². The Balaban J connectivity index is 1.74. The SMILES string of the molecule is O=[N+]([O-])[C@@H]1Cc2ccccc2O[C@H]1c1ccc2c(c1)OCO2. The highest BCUT2D eigenvalue weighted by Gasteiger charge is 2.40. The van der Waals surface area contributed by atoms with Crippen LogP contribution in [0.3, 0.4) is 0 Å². The molecule has 0 saturated heterocycles. The van der Waals surface area contributed by atoms with E-state index in [0.29, 0.717) is 23.7 Å². The molecule has 0 N–H and O–H groups in total. The van der Waals surface area contributed by atoms with Crippen LogP contribution in [0.15, 0.2) is 42.5 Å². The van der Waals surface area contributed by atoms with Gasteiger partial charge in [0.25, 0.3) is 6.04 Å². The van der Waals surface area contributed by atoms with Gasteiger partial charge >= 0.3 is 0 Å². The Kier molecular flexibility index (Phi) is 2.89. The predicted octanol–water partition coefficient (Wildman–Crippen LogP) is 2.74. The van der Waals surface area contributed by atoms with E-state index in [1.165, 1.54) is 0 Å². The number of ether oxygens (including phenoxy) is 3. The van der Waals surface area contributed by atoms with Gasteiger partial charge in [0, 0.05) is 22.5 Å². The minimum atomic E-state index is -0.824. The van der Waals surface area contributed by atoms with Crippen molar-refractivity contribution in [3.8, 4) is 17.2 Å². The van der Waals surface area contributed by atoms with E-state index >= 15 is 0 Å². The van der Waals surface area contributed by atoms with Crippen LogP contribution in [0.1, 0.15) is 17.2 Å². The zero-order chi connectivity index (χ0) is 15.1. The third-order valence-electron chi connectivity index (χ3n) is 4.00. The van der Waals surface area contributed by atoms with Crippen molar-refractivity contribution in [3.05, 3.63) is 63.7 Å². The van der Waals surface area contributed by atoms with E-state index in [9.17, 15) is 10.1 Å². The summed E-state index contributed by atoms with van der Waals surface area (Å²) in [4.78, 5) is 11.2.